The molecule has 0 unspecified atom stereocenters. The third-order valence-electron chi connectivity index (χ3n) is 1.86. The van der Waals surface area contributed by atoms with Crippen molar-refractivity contribution in [2.75, 3.05) is 12.1 Å². The first-order valence-electron chi connectivity index (χ1n) is 4.09. The number of carbonyl (C=O) groups is 1. The number of carbonyl (C=O) groups excluding carboxylic acids is 1. The number of nitrogens with one attached hydrogen (secondary N) is 1. The molecule has 1 aromatic carbocycles. The number of hydrogen-bond donors (Lipinski definition) is 2. The number of benzene rings is 1. The molecular weight excluding hydrogens is 246 g/mol. The minimum absolute atomic E-state index is 0.341. The molecule has 0 aromatic heterocycles. The molecule has 0 radical (unpaired) electrons. The third-order valence-corrected chi connectivity index (χ3v) is 2.36. The van der Waals surface area contributed by atoms with Gasteiger partial charge in [-0.25, -0.2) is 15.6 Å². The molecule has 0 aliphatic carbocycles. The van der Waals surface area contributed by atoms with Crippen LogP contribution in [0.1, 0.15) is 5.56 Å². The van der Waals surface area contributed by atoms with E-state index in [0.29, 0.717) is 5.69 Å². The van der Waals surface area contributed by atoms with Crippen LogP contribution in [0.3, 0.4) is 0 Å². The molecule has 5 heteroatoms. The number of nitrogens with two attached hydrogens (primary N) is 1. The van der Waals surface area contributed by atoms with Gasteiger partial charge in [-0.1, -0.05) is 22.0 Å². The largest absolute Gasteiger partial charge is 0.340 e. The predicted octanol–water partition coefficient (Wildman–Crippen LogP) is 1.78. The molecule has 0 saturated carbocycles. The molecule has 0 aliphatic heterocycles. The van der Waals surface area contributed by atoms with Crippen LogP contribution >= 0.6 is 15.9 Å². The standard InChI is InChI=1S/C9H12BrN3O/c1-6-3-4-7(10)5-8(6)13(11)9(14)12-2/h3-5H,11H2,1-2H3,(H,12,14). The van der Waals surface area contributed by atoms with E-state index in [1.807, 2.05) is 19.1 Å². The summed E-state index contributed by atoms with van der Waals surface area (Å²) in [5.41, 5.74) is 1.62. The van der Waals surface area contributed by atoms with Gasteiger partial charge in [0, 0.05) is 11.5 Å². The number of rotatable bonds is 1. The Balaban J connectivity index is 3.05. The predicted molar refractivity (Wildman–Crippen MR) is 60.0 cm³/mol. The van der Waals surface area contributed by atoms with E-state index in [0.717, 1.165) is 15.0 Å². The number of halogens is 1. The maximum absolute atomic E-state index is 11.3. The number of hydrazine groups is 1. The zero-order valence-corrected chi connectivity index (χ0v) is 9.63. The molecular formula is C9H12BrN3O. The lowest BCUT2D eigenvalue weighted by Crippen LogP contribution is -2.43. The third kappa shape index (κ3) is 2.24. The summed E-state index contributed by atoms with van der Waals surface area (Å²) < 4.78 is 0.887. The average molecular weight is 258 g/mol. The summed E-state index contributed by atoms with van der Waals surface area (Å²) in [6.07, 6.45) is 0. The van der Waals surface area contributed by atoms with E-state index >= 15 is 0 Å². The van der Waals surface area contributed by atoms with Crippen LogP contribution in [0.2, 0.25) is 0 Å². The summed E-state index contributed by atoms with van der Waals surface area (Å²) in [5.74, 6) is 5.62. The van der Waals surface area contributed by atoms with E-state index in [-0.39, 0.29) is 6.03 Å². The summed E-state index contributed by atoms with van der Waals surface area (Å²) in [4.78, 5) is 11.3. The molecule has 4 nitrogen and oxygen atoms in total. The Morgan fingerprint density at radius 3 is 2.79 bits per heavy atom. The first-order valence-corrected chi connectivity index (χ1v) is 4.88. The molecule has 0 heterocycles. The quantitative estimate of drug-likeness (QED) is 0.458. The van der Waals surface area contributed by atoms with Crippen molar-refractivity contribution in [1.29, 1.82) is 0 Å². The Bertz CT molecular complexity index is 354. The van der Waals surface area contributed by atoms with Gasteiger partial charge < -0.3 is 5.32 Å². The molecule has 0 saturated heterocycles. The molecule has 0 fully saturated rings. The molecule has 3 N–H and O–H groups in total. The summed E-state index contributed by atoms with van der Waals surface area (Å²) in [5, 5.41) is 3.54. The van der Waals surface area contributed by atoms with E-state index in [1.54, 1.807) is 6.07 Å². The number of nitrogens with zero attached hydrogens (tertiary/aromatic N) is 1. The van der Waals surface area contributed by atoms with Gasteiger partial charge in [-0.15, -0.1) is 0 Å². The minimum atomic E-state index is -0.341. The van der Waals surface area contributed by atoms with E-state index in [2.05, 4.69) is 21.2 Å². The van der Waals surface area contributed by atoms with E-state index < -0.39 is 0 Å². The van der Waals surface area contributed by atoms with Gasteiger partial charge >= 0.3 is 6.03 Å². The second-order valence-corrected chi connectivity index (χ2v) is 3.77. The number of urea groups is 1. The fourth-order valence-corrected chi connectivity index (χ4v) is 1.42. The molecule has 0 spiro atoms. The van der Waals surface area contributed by atoms with Crippen LogP contribution in [0, 0.1) is 6.92 Å². The topological polar surface area (TPSA) is 58.4 Å². The fourth-order valence-electron chi connectivity index (χ4n) is 1.07. The molecule has 0 bridgehead atoms. The van der Waals surface area contributed by atoms with Crippen LogP contribution in [0.5, 0.6) is 0 Å². The van der Waals surface area contributed by atoms with Crippen molar-refractivity contribution in [3.05, 3.63) is 28.2 Å². The highest BCUT2D eigenvalue weighted by Crippen LogP contribution is 2.22. The van der Waals surface area contributed by atoms with Gasteiger partial charge in [0.05, 0.1) is 5.69 Å². The van der Waals surface area contributed by atoms with Gasteiger partial charge in [-0.3, -0.25) is 0 Å². The Kier molecular flexibility index (Phi) is 3.49. The van der Waals surface area contributed by atoms with Gasteiger partial charge in [0.25, 0.3) is 0 Å². The Morgan fingerprint density at radius 1 is 1.57 bits per heavy atom. The van der Waals surface area contributed by atoms with Gasteiger partial charge in [0.1, 0.15) is 0 Å². The Hall–Kier alpha value is -1.07. The summed E-state index contributed by atoms with van der Waals surface area (Å²) in [7, 11) is 1.54. The average Bonchev–Trinajstić information content (AvgIpc) is 2.19. The molecule has 2 amide bonds. The monoisotopic (exact) mass is 257 g/mol. The van der Waals surface area contributed by atoms with Crippen LogP contribution in [-0.2, 0) is 0 Å². The lowest BCUT2D eigenvalue weighted by Gasteiger charge is -2.18. The van der Waals surface area contributed by atoms with Crippen molar-refractivity contribution in [2.24, 2.45) is 5.84 Å². The van der Waals surface area contributed by atoms with Crippen LogP contribution < -0.4 is 16.2 Å². The first-order chi connectivity index (χ1) is 6.56. The molecule has 0 aliphatic rings. The normalized spacial score (nSPS) is 9.71. The van der Waals surface area contributed by atoms with Crippen molar-refractivity contribution in [3.63, 3.8) is 0 Å². The van der Waals surface area contributed by atoms with Crippen LogP contribution in [0.25, 0.3) is 0 Å². The molecule has 0 atom stereocenters. The molecule has 1 aromatic rings. The SMILES string of the molecule is CNC(=O)N(N)c1cc(Br)ccc1C. The van der Waals surface area contributed by atoms with Crippen molar-refractivity contribution >= 4 is 27.6 Å². The highest BCUT2D eigenvalue weighted by molar-refractivity contribution is 9.10. The van der Waals surface area contributed by atoms with Crippen molar-refractivity contribution in [1.82, 2.24) is 5.32 Å². The lowest BCUT2D eigenvalue weighted by atomic mass is 10.2. The number of aryl methyl sites for hydroxylation is 1. The highest BCUT2D eigenvalue weighted by Gasteiger charge is 2.11. The lowest BCUT2D eigenvalue weighted by molar-refractivity contribution is 0.248. The summed E-state index contributed by atoms with van der Waals surface area (Å²) in [6.45, 7) is 1.89. The second kappa shape index (κ2) is 4.43. The van der Waals surface area contributed by atoms with E-state index in [9.17, 15) is 4.79 Å². The van der Waals surface area contributed by atoms with E-state index in [4.69, 9.17) is 5.84 Å². The van der Waals surface area contributed by atoms with Crippen LogP contribution in [-0.4, -0.2) is 13.1 Å². The van der Waals surface area contributed by atoms with Gasteiger partial charge in [0.15, 0.2) is 0 Å². The minimum Gasteiger partial charge on any atom is -0.340 e. The van der Waals surface area contributed by atoms with E-state index in [1.165, 1.54) is 7.05 Å². The number of amides is 2. The van der Waals surface area contributed by atoms with Crippen molar-refractivity contribution in [2.45, 2.75) is 6.92 Å². The van der Waals surface area contributed by atoms with Crippen molar-refractivity contribution in [3.8, 4) is 0 Å². The summed E-state index contributed by atoms with van der Waals surface area (Å²) in [6, 6.07) is 5.25. The van der Waals surface area contributed by atoms with Crippen molar-refractivity contribution < 1.29 is 4.79 Å². The fraction of sp³-hybridized carbons (Fsp3) is 0.222. The van der Waals surface area contributed by atoms with Crippen LogP contribution in [0.15, 0.2) is 22.7 Å². The van der Waals surface area contributed by atoms with Crippen LogP contribution in [0.4, 0.5) is 10.5 Å². The summed E-state index contributed by atoms with van der Waals surface area (Å²) >= 11 is 3.32. The molecule has 14 heavy (non-hydrogen) atoms. The zero-order chi connectivity index (χ0) is 10.7. The van der Waals surface area contributed by atoms with Gasteiger partial charge in [-0.05, 0) is 24.6 Å². The second-order valence-electron chi connectivity index (χ2n) is 2.86. The zero-order valence-electron chi connectivity index (χ0n) is 8.04. The smallest absolute Gasteiger partial charge is 0.336 e. The maximum Gasteiger partial charge on any atom is 0.336 e. The maximum atomic E-state index is 11.3. The number of anilines is 1. The van der Waals surface area contributed by atoms with Gasteiger partial charge in [0.2, 0.25) is 0 Å². The Morgan fingerprint density at radius 2 is 2.21 bits per heavy atom. The highest BCUT2D eigenvalue weighted by atomic mass is 79.9. The van der Waals surface area contributed by atoms with Gasteiger partial charge in [-0.2, -0.15) is 0 Å². The Labute approximate surface area is 91.2 Å². The molecule has 76 valence electrons. The first kappa shape index (κ1) is 11.0. The molecule has 1 rings (SSSR count). The number of hydrogen-bond acceptors (Lipinski definition) is 2.